The van der Waals surface area contributed by atoms with Crippen LogP contribution in [0.1, 0.15) is 36.6 Å². The summed E-state index contributed by atoms with van der Waals surface area (Å²) in [4.78, 5) is 24.9. The van der Waals surface area contributed by atoms with E-state index in [2.05, 4.69) is 10.2 Å². The van der Waals surface area contributed by atoms with Crippen LogP contribution in [0.5, 0.6) is 0 Å². The van der Waals surface area contributed by atoms with Crippen molar-refractivity contribution in [1.82, 2.24) is 10.2 Å². The number of likely N-dealkylation sites (tertiary alicyclic amines) is 1. The van der Waals surface area contributed by atoms with E-state index in [1.54, 1.807) is 24.5 Å². The number of non-ortho nitro benzene ring substituents is 1. The smallest absolute Gasteiger partial charge is 0.270 e. The van der Waals surface area contributed by atoms with E-state index in [4.69, 9.17) is 4.42 Å². The fraction of sp³-hybridized carbons (Fsp3) is 0.350. The maximum absolute atomic E-state index is 12.2. The molecule has 142 valence electrons. The van der Waals surface area contributed by atoms with Crippen molar-refractivity contribution in [3.63, 3.8) is 0 Å². The number of piperidine rings is 1. The Hall–Kier alpha value is -2.93. The van der Waals surface area contributed by atoms with Crippen LogP contribution in [0.4, 0.5) is 5.69 Å². The molecule has 1 N–H and O–H groups in total. The van der Waals surface area contributed by atoms with E-state index >= 15 is 0 Å². The molecule has 1 fully saturated rings. The molecule has 1 aromatic carbocycles. The number of amides is 1. The molecule has 7 heteroatoms. The Labute approximate surface area is 157 Å². The Morgan fingerprint density at radius 2 is 2.07 bits per heavy atom. The molecule has 7 nitrogen and oxygen atoms in total. The maximum Gasteiger partial charge on any atom is 0.270 e. The van der Waals surface area contributed by atoms with Crippen LogP contribution in [0.15, 0.2) is 53.2 Å². The van der Waals surface area contributed by atoms with Gasteiger partial charge < -0.3 is 9.73 Å². The van der Waals surface area contributed by atoms with Gasteiger partial charge in [0.1, 0.15) is 5.76 Å². The topological polar surface area (TPSA) is 88.6 Å². The quantitative estimate of drug-likeness (QED) is 0.458. The van der Waals surface area contributed by atoms with Crippen LogP contribution in [0, 0.1) is 10.1 Å². The average Bonchev–Trinajstić information content (AvgIpc) is 3.22. The molecule has 1 aliphatic rings. The van der Waals surface area contributed by atoms with Gasteiger partial charge >= 0.3 is 0 Å². The number of hydrogen-bond donors (Lipinski definition) is 1. The zero-order chi connectivity index (χ0) is 19.1. The minimum atomic E-state index is -0.454. The van der Waals surface area contributed by atoms with Gasteiger partial charge in [0.25, 0.3) is 5.69 Å². The molecule has 1 saturated heterocycles. The van der Waals surface area contributed by atoms with Gasteiger partial charge in [-0.05, 0) is 49.7 Å². The molecular weight excluding hydrogens is 346 g/mol. The van der Waals surface area contributed by atoms with Gasteiger partial charge in [0.15, 0.2) is 0 Å². The molecular formula is C20H23N3O4. The van der Waals surface area contributed by atoms with Gasteiger partial charge in [0.2, 0.25) is 5.91 Å². The van der Waals surface area contributed by atoms with Crippen LogP contribution in [0.2, 0.25) is 0 Å². The number of carbonyl (C=O) groups is 1. The van der Waals surface area contributed by atoms with Crippen LogP contribution in [0.3, 0.4) is 0 Å². The third kappa shape index (κ3) is 5.27. The summed E-state index contributed by atoms with van der Waals surface area (Å²) in [7, 11) is 0. The number of carbonyl (C=O) groups excluding carboxylic acids is 1. The van der Waals surface area contributed by atoms with Crippen molar-refractivity contribution in [2.75, 3.05) is 19.6 Å². The maximum atomic E-state index is 12.2. The first-order valence-electron chi connectivity index (χ1n) is 9.11. The summed E-state index contributed by atoms with van der Waals surface area (Å²) in [6.45, 7) is 2.43. The fourth-order valence-corrected chi connectivity index (χ4v) is 3.29. The molecule has 1 amide bonds. The second-order valence-electron chi connectivity index (χ2n) is 6.56. The molecule has 27 heavy (non-hydrogen) atoms. The van der Waals surface area contributed by atoms with Crippen molar-refractivity contribution >= 4 is 17.7 Å². The van der Waals surface area contributed by atoms with Crippen LogP contribution in [-0.4, -0.2) is 35.4 Å². The predicted molar refractivity (Wildman–Crippen MR) is 102 cm³/mol. The minimum absolute atomic E-state index is 0.000500. The molecule has 3 rings (SSSR count). The molecule has 0 radical (unpaired) electrons. The van der Waals surface area contributed by atoms with E-state index in [0.717, 1.165) is 31.7 Å². The van der Waals surface area contributed by atoms with Gasteiger partial charge in [-0.3, -0.25) is 19.8 Å². The Morgan fingerprint density at radius 1 is 1.26 bits per heavy atom. The van der Waals surface area contributed by atoms with Crippen molar-refractivity contribution in [3.8, 4) is 0 Å². The van der Waals surface area contributed by atoms with Crippen molar-refractivity contribution < 1.29 is 14.1 Å². The summed E-state index contributed by atoms with van der Waals surface area (Å²) in [5.74, 6) is 0.606. The van der Waals surface area contributed by atoms with E-state index < -0.39 is 4.92 Å². The summed E-state index contributed by atoms with van der Waals surface area (Å²) in [5, 5.41) is 13.7. The molecule has 1 aliphatic heterocycles. The second-order valence-corrected chi connectivity index (χ2v) is 6.56. The highest BCUT2D eigenvalue weighted by Crippen LogP contribution is 2.24. The van der Waals surface area contributed by atoms with Gasteiger partial charge in [-0.25, -0.2) is 0 Å². The van der Waals surface area contributed by atoms with Crippen LogP contribution < -0.4 is 5.32 Å². The number of nitrogens with zero attached hydrogens (tertiary/aromatic N) is 2. The first-order chi connectivity index (χ1) is 13.1. The van der Waals surface area contributed by atoms with Gasteiger partial charge in [0.05, 0.1) is 17.2 Å². The fourth-order valence-electron chi connectivity index (χ4n) is 3.29. The zero-order valence-electron chi connectivity index (χ0n) is 15.0. The number of nitro groups is 1. The standard InChI is InChI=1S/C20H23N3O4/c24-20(10-9-16-6-4-7-17(14-16)23(25)26)21-15-18(19-8-5-13-27-19)22-11-2-1-3-12-22/h4-10,13-14,18H,1-3,11-12,15H2,(H,21,24)/b10-9+. The molecule has 1 unspecified atom stereocenters. The first-order valence-corrected chi connectivity index (χ1v) is 9.11. The van der Waals surface area contributed by atoms with E-state index in [1.807, 2.05) is 12.1 Å². The molecule has 1 atom stereocenters. The number of furan rings is 1. The summed E-state index contributed by atoms with van der Waals surface area (Å²) in [6.07, 6.45) is 8.16. The monoisotopic (exact) mass is 369 g/mol. The Morgan fingerprint density at radius 3 is 2.78 bits per heavy atom. The van der Waals surface area contributed by atoms with E-state index in [-0.39, 0.29) is 17.6 Å². The molecule has 0 saturated carbocycles. The molecule has 0 bridgehead atoms. The van der Waals surface area contributed by atoms with E-state index in [9.17, 15) is 14.9 Å². The highest BCUT2D eigenvalue weighted by molar-refractivity contribution is 5.91. The van der Waals surface area contributed by atoms with Gasteiger partial charge in [-0.1, -0.05) is 18.6 Å². The average molecular weight is 369 g/mol. The SMILES string of the molecule is O=C(/C=C/c1cccc([N+](=O)[O-])c1)NCC(c1ccco1)N1CCCCC1. The summed E-state index contributed by atoms with van der Waals surface area (Å²) in [5.41, 5.74) is 0.610. The lowest BCUT2D eigenvalue weighted by Gasteiger charge is -2.33. The Bertz CT molecular complexity index is 795. The summed E-state index contributed by atoms with van der Waals surface area (Å²) < 4.78 is 5.57. The molecule has 0 spiro atoms. The lowest BCUT2D eigenvalue weighted by atomic mass is 10.1. The number of rotatable bonds is 7. The lowest BCUT2D eigenvalue weighted by molar-refractivity contribution is -0.384. The van der Waals surface area contributed by atoms with Crippen molar-refractivity contribution in [2.45, 2.75) is 25.3 Å². The summed E-state index contributed by atoms with van der Waals surface area (Å²) >= 11 is 0. The number of benzene rings is 1. The highest BCUT2D eigenvalue weighted by atomic mass is 16.6. The molecule has 0 aliphatic carbocycles. The van der Waals surface area contributed by atoms with E-state index in [1.165, 1.54) is 24.6 Å². The molecule has 2 aromatic rings. The van der Waals surface area contributed by atoms with Crippen molar-refractivity contribution in [1.29, 1.82) is 0 Å². The van der Waals surface area contributed by atoms with Crippen molar-refractivity contribution in [2.24, 2.45) is 0 Å². The van der Waals surface area contributed by atoms with Crippen LogP contribution >= 0.6 is 0 Å². The van der Waals surface area contributed by atoms with Gasteiger partial charge in [-0.15, -0.1) is 0 Å². The van der Waals surface area contributed by atoms with Crippen molar-refractivity contribution in [3.05, 3.63) is 70.2 Å². The number of hydrogen-bond acceptors (Lipinski definition) is 5. The van der Waals surface area contributed by atoms with E-state index in [0.29, 0.717) is 12.1 Å². The first kappa shape index (κ1) is 18.8. The predicted octanol–water partition coefficient (Wildman–Crippen LogP) is 3.54. The largest absolute Gasteiger partial charge is 0.468 e. The normalized spacial score (nSPS) is 16.3. The van der Waals surface area contributed by atoms with Crippen LogP contribution in [-0.2, 0) is 4.79 Å². The Balaban J connectivity index is 1.60. The third-order valence-corrected chi connectivity index (χ3v) is 4.68. The third-order valence-electron chi connectivity index (χ3n) is 4.68. The minimum Gasteiger partial charge on any atom is -0.468 e. The zero-order valence-corrected chi connectivity index (χ0v) is 15.0. The Kier molecular flexibility index (Phi) is 6.38. The number of nitrogens with one attached hydrogen (secondary N) is 1. The van der Waals surface area contributed by atoms with Gasteiger partial charge in [-0.2, -0.15) is 0 Å². The molecule has 2 heterocycles. The van der Waals surface area contributed by atoms with Gasteiger partial charge in [0, 0.05) is 24.8 Å². The highest BCUT2D eigenvalue weighted by Gasteiger charge is 2.24. The van der Waals surface area contributed by atoms with Crippen LogP contribution in [0.25, 0.3) is 6.08 Å². The molecule has 1 aromatic heterocycles. The lowest BCUT2D eigenvalue weighted by Crippen LogP contribution is -2.40. The number of nitro benzene ring substituents is 1. The second kappa shape index (κ2) is 9.14. The summed E-state index contributed by atoms with van der Waals surface area (Å²) in [6, 6.07) is 9.97.